The first-order valence-corrected chi connectivity index (χ1v) is 7.34. The Morgan fingerprint density at radius 2 is 2.06 bits per heavy atom. The van der Waals surface area contributed by atoms with Crippen LogP contribution in [-0.4, -0.2) is 30.5 Å². The van der Waals surface area contributed by atoms with Crippen LogP contribution >= 0.6 is 23.4 Å². The van der Waals surface area contributed by atoms with Crippen molar-refractivity contribution >= 4 is 35.1 Å². The van der Waals surface area contributed by atoms with Gasteiger partial charge in [-0.2, -0.15) is 0 Å². The standard InChI is InChI=1S/C13H15ClO3S/c1-3-17-13(16)11-8-9(18-2)4-5-10(11)12(15)6-7-14/h4-5,8H,3,6-7H2,1-2H3. The SMILES string of the molecule is CCOC(=O)c1cc(SC)ccc1C(=O)CCCl. The van der Waals surface area contributed by atoms with Gasteiger partial charge in [0.15, 0.2) is 5.78 Å². The second-order valence-corrected chi connectivity index (χ2v) is 4.75. The lowest BCUT2D eigenvalue weighted by Crippen LogP contribution is -2.12. The van der Waals surface area contributed by atoms with Crippen LogP contribution in [0.5, 0.6) is 0 Å². The van der Waals surface area contributed by atoms with Crippen molar-refractivity contribution in [2.24, 2.45) is 0 Å². The zero-order chi connectivity index (χ0) is 13.5. The number of Topliss-reactive ketones (excluding diaryl/α,β-unsaturated/α-hetero) is 1. The van der Waals surface area contributed by atoms with Gasteiger partial charge in [0, 0.05) is 22.8 Å². The number of carbonyl (C=O) groups is 2. The molecule has 0 aromatic heterocycles. The summed E-state index contributed by atoms with van der Waals surface area (Å²) in [6.45, 7) is 2.02. The maximum Gasteiger partial charge on any atom is 0.338 e. The average Bonchev–Trinajstić information content (AvgIpc) is 2.38. The van der Waals surface area contributed by atoms with Crippen molar-refractivity contribution in [2.45, 2.75) is 18.2 Å². The summed E-state index contributed by atoms with van der Waals surface area (Å²) in [6, 6.07) is 5.16. The molecule has 1 rings (SSSR count). The molecule has 0 saturated heterocycles. The molecule has 0 bridgehead atoms. The summed E-state index contributed by atoms with van der Waals surface area (Å²) in [5.74, 6) is -0.363. The largest absolute Gasteiger partial charge is 0.462 e. The monoisotopic (exact) mass is 286 g/mol. The zero-order valence-electron chi connectivity index (χ0n) is 10.4. The van der Waals surface area contributed by atoms with Gasteiger partial charge in [0.2, 0.25) is 0 Å². The highest BCUT2D eigenvalue weighted by atomic mass is 35.5. The number of rotatable bonds is 6. The molecule has 0 saturated carbocycles. The maximum absolute atomic E-state index is 11.9. The number of halogens is 1. The highest BCUT2D eigenvalue weighted by Gasteiger charge is 2.18. The molecule has 0 N–H and O–H groups in total. The average molecular weight is 287 g/mol. The molecular formula is C13H15ClO3S. The zero-order valence-corrected chi connectivity index (χ0v) is 11.9. The molecule has 1 aromatic rings. The van der Waals surface area contributed by atoms with E-state index in [0.717, 1.165) is 4.90 Å². The van der Waals surface area contributed by atoms with Crippen LogP contribution in [0.3, 0.4) is 0 Å². The lowest BCUT2D eigenvalue weighted by molar-refractivity contribution is 0.0522. The molecule has 0 unspecified atom stereocenters. The predicted octanol–water partition coefficient (Wildman–Crippen LogP) is 3.40. The molecule has 0 atom stereocenters. The fourth-order valence-corrected chi connectivity index (χ4v) is 2.10. The van der Waals surface area contributed by atoms with Gasteiger partial charge in [-0.15, -0.1) is 23.4 Å². The van der Waals surface area contributed by atoms with E-state index in [-0.39, 0.29) is 24.7 Å². The molecule has 0 aliphatic rings. The fraction of sp³-hybridized carbons (Fsp3) is 0.385. The summed E-state index contributed by atoms with van der Waals surface area (Å²) in [5.41, 5.74) is 0.700. The van der Waals surface area contributed by atoms with Crippen LogP contribution < -0.4 is 0 Å². The van der Waals surface area contributed by atoms with Crippen molar-refractivity contribution in [1.82, 2.24) is 0 Å². The number of esters is 1. The van der Waals surface area contributed by atoms with E-state index in [1.165, 1.54) is 11.8 Å². The van der Waals surface area contributed by atoms with Crippen LogP contribution in [0.25, 0.3) is 0 Å². The third-order valence-corrected chi connectivity index (χ3v) is 3.26. The summed E-state index contributed by atoms with van der Waals surface area (Å²) >= 11 is 7.06. The van der Waals surface area contributed by atoms with Crippen molar-refractivity contribution in [2.75, 3.05) is 18.7 Å². The van der Waals surface area contributed by atoms with Crippen molar-refractivity contribution in [3.05, 3.63) is 29.3 Å². The molecule has 0 aliphatic carbocycles. The van der Waals surface area contributed by atoms with Gasteiger partial charge in [0.25, 0.3) is 0 Å². The van der Waals surface area contributed by atoms with E-state index in [9.17, 15) is 9.59 Å². The van der Waals surface area contributed by atoms with Gasteiger partial charge in [0.1, 0.15) is 0 Å². The summed E-state index contributed by atoms with van der Waals surface area (Å²) in [4.78, 5) is 24.6. The van der Waals surface area contributed by atoms with Crippen LogP contribution in [0, 0.1) is 0 Å². The van der Waals surface area contributed by atoms with E-state index in [0.29, 0.717) is 11.1 Å². The number of thioether (sulfide) groups is 1. The Hall–Kier alpha value is -1.00. The van der Waals surface area contributed by atoms with E-state index in [4.69, 9.17) is 16.3 Å². The summed E-state index contributed by atoms with van der Waals surface area (Å²) in [7, 11) is 0. The molecule has 5 heteroatoms. The van der Waals surface area contributed by atoms with Crippen LogP contribution in [0.15, 0.2) is 23.1 Å². The van der Waals surface area contributed by atoms with Crippen LogP contribution in [0.2, 0.25) is 0 Å². The topological polar surface area (TPSA) is 43.4 Å². The van der Waals surface area contributed by atoms with Gasteiger partial charge in [-0.25, -0.2) is 4.79 Å². The molecule has 0 aliphatic heterocycles. The molecule has 0 heterocycles. The predicted molar refractivity (Wildman–Crippen MR) is 73.8 cm³/mol. The molecule has 1 aromatic carbocycles. The smallest absolute Gasteiger partial charge is 0.338 e. The van der Waals surface area contributed by atoms with Crippen molar-refractivity contribution < 1.29 is 14.3 Å². The third kappa shape index (κ3) is 3.75. The van der Waals surface area contributed by atoms with Gasteiger partial charge in [-0.1, -0.05) is 0 Å². The first-order chi connectivity index (χ1) is 8.63. The van der Waals surface area contributed by atoms with Gasteiger partial charge < -0.3 is 4.74 Å². The number of ketones is 1. The minimum Gasteiger partial charge on any atom is -0.462 e. The first-order valence-electron chi connectivity index (χ1n) is 5.58. The third-order valence-electron chi connectivity index (χ3n) is 2.34. The first kappa shape index (κ1) is 15.1. The quantitative estimate of drug-likeness (QED) is 0.348. The van der Waals surface area contributed by atoms with Crippen LogP contribution in [0.4, 0.5) is 0 Å². The highest BCUT2D eigenvalue weighted by Crippen LogP contribution is 2.21. The molecular weight excluding hydrogens is 272 g/mol. The summed E-state index contributed by atoms with van der Waals surface area (Å²) in [6.07, 6.45) is 2.12. The molecule has 18 heavy (non-hydrogen) atoms. The molecule has 0 spiro atoms. The van der Waals surface area contributed by atoms with Crippen LogP contribution in [0.1, 0.15) is 34.1 Å². The molecule has 98 valence electrons. The van der Waals surface area contributed by atoms with E-state index < -0.39 is 5.97 Å². The number of ether oxygens (including phenoxy) is 1. The Morgan fingerprint density at radius 1 is 1.33 bits per heavy atom. The van der Waals surface area contributed by atoms with E-state index in [1.807, 2.05) is 12.3 Å². The number of hydrogen-bond acceptors (Lipinski definition) is 4. The number of benzene rings is 1. The number of carbonyl (C=O) groups excluding carboxylic acids is 2. The molecule has 3 nitrogen and oxygen atoms in total. The number of hydrogen-bond donors (Lipinski definition) is 0. The second kappa shape index (κ2) is 7.44. The van der Waals surface area contributed by atoms with Gasteiger partial charge in [-0.05, 0) is 31.4 Å². The lowest BCUT2D eigenvalue weighted by atomic mass is 10.0. The molecule has 0 radical (unpaired) electrons. The van der Waals surface area contributed by atoms with E-state index in [1.54, 1.807) is 19.1 Å². The van der Waals surface area contributed by atoms with Crippen molar-refractivity contribution in [3.63, 3.8) is 0 Å². The van der Waals surface area contributed by atoms with Gasteiger partial charge in [-0.3, -0.25) is 4.79 Å². The Bertz CT molecular complexity index is 446. The maximum atomic E-state index is 11.9. The summed E-state index contributed by atoms with van der Waals surface area (Å²) in [5, 5.41) is 0. The van der Waals surface area contributed by atoms with E-state index in [2.05, 4.69) is 0 Å². The van der Waals surface area contributed by atoms with E-state index >= 15 is 0 Å². The Balaban J connectivity index is 3.15. The van der Waals surface area contributed by atoms with Crippen LogP contribution in [-0.2, 0) is 4.74 Å². The summed E-state index contributed by atoms with van der Waals surface area (Å²) < 4.78 is 4.96. The fourth-order valence-electron chi connectivity index (χ4n) is 1.49. The van der Waals surface area contributed by atoms with Crippen molar-refractivity contribution in [1.29, 1.82) is 0 Å². The lowest BCUT2D eigenvalue weighted by Gasteiger charge is -2.09. The van der Waals surface area contributed by atoms with Gasteiger partial charge in [0.05, 0.1) is 12.2 Å². The highest BCUT2D eigenvalue weighted by molar-refractivity contribution is 7.98. The Morgan fingerprint density at radius 3 is 2.61 bits per heavy atom. The minimum absolute atomic E-state index is 0.138. The normalized spacial score (nSPS) is 10.2. The second-order valence-electron chi connectivity index (χ2n) is 3.49. The number of alkyl halides is 1. The molecule has 0 amide bonds. The minimum atomic E-state index is -0.466. The Labute approximate surface area is 116 Å². The molecule has 0 fully saturated rings. The van der Waals surface area contributed by atoms with Gasteiger partial charge >= 0.3 is 5.97 Å². The Kier molecular flexibility index (Phi) is 6.22. The van der Waals surface area contributed by atoms with Crippen molar-refractivity contribution in [3.8, 4) is 0 Å².